The number of rotatable bonds is 6. The highest BCUT2D eigenvalue weighted by molar-refractivity contribution is 5.94. The Morgan fingerprint density at radius 3 is 2.38 bits per heavy atom. The molecule has 0 N–H and O–H groups in total. The fraction of sp³-hybridized carbons (Fsp3) is 0.320. The predicted octanol–water partition coefficient (Wildman–Crippen LogP) is 5.65. The van der Waals surface area contributed by atoms with Gasteiger partial charge in [0.15, 0.2) is 0 Å². The van der Waals surface area contributed by atoms with Crippen molar-refractivity contribution in [1.29, 1.82) is 0 Å². The molecule has 0 saturated heterocycles. The molecule has 1 aliphatic carbocycles. The number of benzene rings is 2. The molecule has 0 atom stereocenters. The quantitative estimate of drug-likeness (QED) is 0.534. The number of hydrogen-bond donors (Lipinski definition) is 0. The fourth-order valence-electron chi connectivity index (χ4n) is 4.21. The summed E-state index contributed by atoms with van der Waals surface area (Å²) in [7, 11) is 0. The second kappa shape index (κ2) is 9.08. The van der Waals surface area contributed by atoms with Gasteiger partial charge in [-0.05, 0) is 54.8 Å². The third-order valence-electron chi connectivity index (χ3n) is 5.82. The molecule has 2 aromatic carbocycles. The van der Waals surface area contributed by atoms with Crippen molar-refractivity contribution in [3.8, 4) is 0 Å². The minimum Gasteiger partial charge on any atom is -0.345 e. The van der Waals surface area contributed by atoms with E-state index in [-0.39, 0.29) is 17.8 Å². The van der Waals surface area contributed by atoms with Crippen LogP contribution in [-0.4, -0.2) is 21.4 Å². The van der Waals surface area contributed by atoms with Gasteiger partial charge in [0.2, 0.25) is 0 Å². The summed E-state index contributed by atoms with van der Waals surface area (Å²) in [6, 6.07) is 20.6. The summed E-state index contributed by atoms with van der Waals surface area (Å²) in [6.07, 6.45) is 7.78. The van der Waals surface area contributed by atoms with Crippen LogP contribution in [0.4, 0.5) is 4.39 Å². The summed E-state index contributed by atoms with van der Waals surface area (Å²) in [5, 5.41) is 0. The van der Waals surface area contributed by atoms with E-state index < -0.39 is 0 Å². The van der Waals surface area contributed by atoms with Crippen molar-refractivity contribution in [2.75, 3.05) is 0 Å². The van der Waals surface area contributed by atoms with Gasteiger partial charge in [-0.25, -0.2) is 4.39 Å². The van der Waals surface area contributed by atoms with Gasteiger partial charge in [0.25, 0.3) is 5.91 Å². The molecule has 1 aliphatic rings. The molecule has 1 saturated carbocycles. The Bertz CT molecular complexity index is 927. The zero-order chi connectivity index (χ0) is 20.1. The topological polar surface area (TPSA) is 25.2 Å². The summed E-state index contributed by atoms with van der Waals surface area (Å²) in [6.45, 7) is 1.26. The monoisotopic (exact) mass is 390 g/mol. The van der Waals surface area contributed by atoms with Gasteiger partial charge in [0.1, 0.15) is 5.82 Å². The Kier molecular flexibility index (Phi) is 6.09. The normalized spacial score (nSPS) is 14.7. The molecule has 3 nitrogen and oxygen atoms in total. The first-order valence-corrected chi connectivity index (χ1v) is 10.5. The van der Waals surface area contributed by atoms with Crippen LogP contribution in [0, 0.1) is 5.82 Å². The van der Waals surface area contributed by atoms with Crippen molar-refractivity contribution < 1.29 is 9.18 Å². The average Bonchev–Trinajstić information content (AvgIpc) is 3.21. The zero-order valence-corrected chi connectivity index (χ0v) is 16.6. The molecule has 0 radical (unpaired) electrons. The van der Waals surface area contributed by atoms with E-state index >= 15 is 0 Å². The van der Waals surface area contributed by atoms with E-state index in [0.717, 1.165) is 29.7 Å². The third-order valence-corrected chi connectivity index (χ3v) is 5.82. The molecule has 150 valence electrons. The smallest absolute Gasteiger partial charge is 0.254 e. The van der Waals surface area contributed by atoms with Crippen LogP contribution in [0.15, 0.2) is 72.9 Å². The number of hydrogen-bond acceptors (Lipinski definition) is 1. The molecule has 1 fully saturated rings. The maximum atomic E-state index is 13.4. The minimum atomic E-state index is -0.224. The van der Waals surface area contributed by atoms with Gasteiger partial charge in [-0.3, -0.25) is 4.79 Å². The predicted molar refractivity (Wildman–Crippen MR) is 113 cm³/mol. The van der Waals surface area contributed by atoms with Crippen molar-refractivity contribution in [3.63, 3.8) is 0 Å². The number of carbonyl (C=O) groups excluding carboxylic acids is 1. The molecule has 0 aliphatic heterocycles. The third kappa shape index (κ3) is 4.76. The van der Waals surface area contributed by atoms with Crippen LogP contribution in [0.3, 0.4) is 0 Å². The molecule has 1 amide bonds. The second-order valence-electron chi connectivity index (χ2n) is 7.84. The van der Waals surface area contributed by atoms with E-state index in [9.17, 15) is 9.18 Å². The van der Waals surface area contributed by atoms with E-state index in [1.807, 2.05) is 54.7 Å². The molecule has 29 heavy (non-hydrogen) atoms. The van der Waals surface area contributed by atoms with Crippen LogP contribution in [-0.2, 0) is 13.1 Å². The molecule has 4 rings (SSSR count). The maximum Gasteiger partial charge on any atom is 0.254 e. The number of halogens is 1. The van der Waals surface area contributed by atoms with Crippen LogP contribution in [0.2, 0.25) is 0 Å². The van der Waals surface area contributed by atoms with Crippen molar-refractivity contribution in [2.24, 2.45) is 0 Å². The lowest BCUT2D eigenvalue weighted by Gasteiger charge is -2.35. The van der Waals surface area contributed by atoms with Crippen LogP contribution >= 0.6 is 0 Å². The van der Waals surface area contributed by atoms with E-state index in [4.69, 9.17) is 0 Å². The average molecular weight is 391 g/mol. The van der Waals surface area contributed by atoms with Gasteiger partial charge in [-0.15, -0.1) is 0 Å². The van der Waals surface area contributed by atoms with Crippen molar-refractivity contribution in [1.82, 2.24) is 9.47 Å². The highest BCUT2D eigenvalue weighted by Crippen LogP contribution is 2.26. The van der Waals surface area contributed by atoms with E-state index in [1.54, 1.807) is 0 Å². The van der Waals surface area contributed by atoms with E-state index in [0.29, 0.717) is 13.1 Å². The molecule has 0 spiro atoms. The molecule has 4 heteroatoms. The molecular weight excluding hydrogens is 363 g/mol. The number of aromatic nitrogens is 1. The lowest BCUT2D eigenvalue weighted by Crippen LogP contribution is -2.41. The van der Waals surface area contributed by atoms with Gasteiger partial charge < -0.3 is 9.47 Å². The van der Waals surface area contributed by atoms with Crippen LogP contribution in [0.5, 0.6) is 0 Å². The fourth-order valence-corrected chi connectivity index (χ4v) is 4.21. The summed E-state index contributed by atoms with van der Waals surface area (Å²) in [5.41, 5.74) is 2.89. The Morgan fingerprint density at radius 2 is 1.66 bits per heavy atom. The van der Waals surface area contributed by atoms with Crippen LogP contribution in [0.1, 0.15) is 53.7 Å². The zero-order valence-electron chi connectivity index (χ0n) is 16.6. The van der Waals surface area contributed by atoms with Crippen molar-refractivity contribution in [3.05, 3.63) is 95.6 Å². The Labute approximate surface area is 171 Å². The summed E-state index contributed by atoms with van der Waals surface area (Å²) < 4.78 is 15.4. The number of nitrogens with zero attached hydrogens (tertiary/aromatic N) is 2. The molecular formula is C25H27FN2O. The van der Waals surface area contributed by atoms with E-state index in [2.05, 4.69) is 15.5 Å². The highest BCUT2D eigenvalue weighted by Gasteiger charge is 2.27. The lowest BCUT2D eigenvalue weighted by atomic mass is 9.93. The standard InChI is InChI=1S/C25H27FN2O/c26-22-15-13-20(14-16-22)18-27-17-7-12-24(27)19-28(23-10-5-2-6-11-23)25(29)21-8-3-1-4-9-21/h1,3-4,7-9,12-17,23H,2,5-6,10-11,18-19H2. The largest absolute Gasteiger partial charge is 0.345 e. The van der Waals surface area contributed by atoms with E-state index in [1.165, 1.54) is 31.4 Å². The van der Waals surface area contributed by atoms with Crippen LogP contribution in [0.25, 0.3) is 0 Å². The summed E-state index contributed by atoms with van der Waals surface area (Å²) in [4.78, 5) is 15.4. The van der Waals surface area contributed by atoms with Crippen LogP contribution < -0.4 is 0 Å². The summed E-state index contributed by atoms with van der Waals surface area (Å²) in [5.74, 6) is -0.120. The number of amides is 1. The maximum absolute atomic E-state index is 13.4. The SMILES string of the molecule is O=C(c1ccccc1)N(Cc1cccn1Cc1ccc(F)cc1)C1CCCCC1. The molecule has 1 aromatic heterocycles. The van der Waals surface area contributed by atoms with Crippen molar-refractivity contribution >= 4 is 5.91 Å². The van der Waals surface area contributed by atoms with Gasteiger partial charge in [0, 0.05) is 30.0 Å². The Balaban J connectivity index is 1.57. The van der Waals surface area contributed by atoms with Crippen molar-refractivity contribution in [2.45, 2.75) is 51.2 Å². The molecule has 3 aromatic rings. The van der Waals surface area contributed by atoms with Gasteiger partial charge in [0.05, 0.1) is 6.54 Å². The molecule has 1 heterocycles. The molecule has 0 bridgehead atoms. The highest BCUT2D eigenvalue weighted by atomic mass is 19.1. The Hall–Kier alpha value is -2.88. The lowest BCUT2D eigenvalue weighted by molar-refractivity contribution is 0.0608. The van der Waals surface area contributed by atoms with Gasteiger partial charge >= 0.3 is 0 Å². The second-order valence-corrected chi connectivity index (χ2v) is 7.84. The first-order valence-electron chi connectivity index (χ1n) is 10.5. The first-order chi connectivity index (χ1) is 14.2. The van der Waals surface area contributed by atoms with Gasteiger partial charge in [-0.1, -0.05) is 49.6 Å². The first kappa shape index (κ1) is 19.4. The summed E-state index contributed by atoms with van der Waals surface area (Å²) >= 11 is 0. The molecule has 0 unspecified atom stereocenters. The number of carbonyl (C=O) groups is 1. The Morgan fingerprint density at radius 1 is 0.931 bits per heavy atom. The van der Waals surface area contributed by atoms with Gasteiger partial charge in [-0.2, -0.15) is 0 Å². The minimum absolute atomic E-state index is 0.104.